The number of benzene rings is 2. The molecule has 110 valence electrons. The van der Waals surface area contributed by atoms with Crippen LogP contribution < -0.4 is 16.4 Å². The molecule has 0 unspecified atom stereocenters. The number of carbonyl (C=O) groups is 1. The van der Waals surface area contributed by atoms with E-state index in [1.54, 1.807) is 23.5 Å². The first-order valence-corrected chi connectivity index (χ1v) is 7.53. The predicted molar refractivity (Wildman–Crippen MR) is 90.5 cm³/mol. The van der Waals surface area contributed by atoms with Gasteiger partial charge in [0.05, 0.1) is 5.69 Å². The number of para-hydroxylation sites is 1. The number of carbonyl (C=O) groups excluding carboxylic acids is 1. The Kier molecular flexibility index (Phi) is 4.02. The van der Waals surface area contributed by atoms with Crippen LogP contribution >= 0.6 is 11.3 Å². The van der Waals surface area contributed by atoms with Gasteiger partial charge < -0.3 is 16.4 Å². The summed E-state index contributed by atoms with van der Waals surface area (Å²) in [4.78, 5) is 15.4. The smallest absolute Gasteiger partial charge is 0.316 e. The molecule has 1 aromatic heterocycles. The summed E-state index contributed by atoms with van der Waals surface area (Å²) < 4.78 is 0. The quantitative estimate of drug-likeness (QED) is 0.680. The van der Waals surface area contributed by atoms with Gasteiger partial charge in [0.25, 0.3) is 0 Å². The third-order valence-corrected chi connectivity index (χ3v) is 3.74. The Morgan fingerprint density at radius 2 is 1.73 bits per heavy atom. The number of anilines is 3. The minimum absolute atomic E-state index is 0.573. The molecule has 0 saturated carbocycles. The lowest BCUT2D eigenvalue weighted by molar-refractivity contribution is 0.259. The first-order chi connectivity index (χ1) is 10.7. The van der Waals surface area contributed by atoms with E-state index >= 15 is 0 Å². The minimum Gasteiger partial charge on any atom is -0.351 e. The van der Waals surface area contributed by atoms with E-state index in [4.69, 9.17) is 5.73 Å². The molecule has 0 spiro atoms. The number of rotatable bonds is 4. The maximum absolute atomic E-state index is 10.8. The van der Waals surface area contributed by atoms with E-state index in [1.165, 1.54) is 0 Å². The zero-order chi connectivity index (χ0) is 15.4. The van der Waals surface area contributed by atoms with Crippen molar-refractivity contribution in [1.82, 2.24) is 4.98 Å². The van der Waals surface area contributed by atoms with Gasteiger partial charge in [-0.05, 0) is 24.3 Å². The minimum atomic E-state index is -0.573. The molecule has 0 fully saturated rings. The first-order valence-electron chi connectivity index (χ1n) is 6.65. The maximum Gasteiger partial charge on any atom is 0.316 e. The van der Waals surface area contributed by atoms with Crippen LogP contribution in [0.3, 0.4) is 0 Å². The highest BCUT2D eigenvalue weighted by atomic mass is 32.1. The van der Waals surface area contributed by atoms with Crippen molar-refractivity contribution in [3.8, 4) is 11.3 Å². The predicted octanol–water partition coefficient (Wildman–Crippen LogP) is 4.04. The fourth-order valence-corrected chi connectivity index (χ4v) is 2.72. The van der Waals surface area contributed by atoms with Crippen molar-refractivity contribution >= 4 is 33.9 Å². The Bertz CT molecular complexity index is 768. The summed E-state index contributed by atoms with van der Waals surface area (Å²) >= 11 is 1.54. The Labute approximate surface area is 131 Å². The molecule has 3 aromatic rings. The van der Waals surface area contributed by atoms with Crippen molar-refractivity contribution in [2.24, 2.45) is 5.73 Å². The highest BCUT2D eigenvalue weighted by Crippen LogP contribution is 2.27. The fraction of sp³-hybridized carbons (Fsp3) is 0. The normalized spacial score (nSPS) is 10.2. The lowest BCUT2D eigenvalue weighted by Crippen LogP contribution is -2.19. The summed E-state index contributed by atoms with van der Waals surface area (Å²) in [5.74, 6) is 0. The zero-order valence-electron chi connectivity index (χ0n) is 11.6. The molecule has 0 aliphatic rings. The molecule has 5 nitrogen and oxygen atoms in total. The van der Waals surface area contributed by atoms with Gasteiger partial charge in [-0.2, -0.15) is 0 Å². The second kappa shape index (κ2) is 6.28. The molecular formula is C16H14N4OS. The van der Waals surface area contributed by atoms with Crippen LogP contribution in [0.25, 0.3) is 11.3 Å². The summed E-state index contributed by atoms with van der Waals surface area (Å²) in [6.07, 6.45) is 0. The summed E-state index contributed by atoms with van der Waals surface area (Å²) in [7, 11) is 0. The third-order valence-electron chi connectivity index (χ3n) is 2.98. The van der Waals surface area contributed by atoms with Crippen LogP contribution in [0.4, 0.5) is 21.3 Å². The largest absolute Gasteiger partial charge is 0.351 e. The van der Waals surface area contributed by atoms with Gasteiger partial charge in [0.2, 0.25) is 0 Å². The number of hydrogen-bond donors (Lipinski definition) is 3. The van der Waals surface area contributed by atoms with Gasteiger partial charge in [-0.3, -0.25) is 0 Å². The molecular weight excluding hydrogens is 296 g/mol. The molecule has 2 amide bonds. The number of amides is 2. The topological polar surface area (TPSA) is 80.0 Å². The first kappa shape index (κ1) is 14.1. The second-order valence-electron chi connectivity index (χ2n) is 4.60. The van der Waals surface area contributed by atoms with Gasteiger partial charge in [0, 0.05) is 22.3 Å². The van der Waals surface area contributed by atoms with E-state index < -0.39 is 6.03 Å². The zero-order valence-corrected chi connectivity index (χ0v) is 12.4. The van der Waals surface area contributed by atoms with Gasteiger partial charge in [-0.25, -0.2) is 9.78 Å². The van der Waals surface area contributed by atoms with Crippen molar-refractivity contribution in [2.45, 2.75) is 0 Å². The van der Waals surface area contributed by atoms with Gasteiger partial charge in [-0.1, -0.05) is 30.3 Å². The Hall–Kier alpha value is -2.86. The van der Waals surface area contributed by atoms with Crippen LogP contribution in [-0.4, -0.2) is 11.0 Å². The Morgan fingerprint density at radius 3 is 2.41 bits per heavy atom. The highest BCUT2D eigenvalue weighted by Gasteiger charge is 2.05. The lowest BCUT2D eigenvalue weighted by atomic mass is 10.1. The molecule has 1 heterocycles. The molecule has 0 atom stereocenters. The number of nitrogens with one attached hydrogen (secondary N) is 2. The molecule has 22 heavy (non-hydrogen) atoms. The number of hydrogen-bond acceptors (Lipinski definition) is 4. The molecule has 0 bridgehead atoms. The van der Waals surface area contributed by atoms with E-state index in [9.17, 15) is 4.79 Å². The van der Waals surface area contributed by atoms with Crippen molar-refractivity contribution in [2.75, 3.05) is 10.6 Å². The molecule has 4 N–H and O–H groups in total. The van der Waals surface area contributed by atoms with Crippen LogP contribution in [0.1, 0.15) is 0 Å². The maximum atomic E-state index is 10.8. The number of nitrogens with two attached hydrogens (primary N) is 1. The van der Waals surface area contributed by atoms with E-state index in [0.717, 1.165) is 22.1 Å². The average molecular weight is 310 g/mol. The van der Waals surface area contributed by atoms with Gasteiger partial charge >= 0.3 is 6.03 Å². The van der Waals surface area contributed by atoms with Crippen LogP contribution in [0, 0.1) is 0 Å². The average Bonchev–Trinajstić information content (AvgIpc) is 2.97. The van der Waals surface area contributed by atoms with Gasteiger partial charge in [0.15, 0.2) is 5.13 Å². The summed E-state index contributed by atoms with van der Waals surface area (Å²) in [5.41, 5.74) is 8.61. The second-order valence-corrected chi connectivity index (χ2v) is 5.45. The van der Waals surface area contributed by atoms with Crippen molar-refractivity contribution in [1.29, 1.82) is 0 Å². The van der Waals surface area contributed by atoms with E-state index in [1.807, 2.05) is 47.8 Å². The summed E-state index contributed by atoms with van der Waals surface area (Å²) in [6, 6.07) is 16.7. The molecule has 0 radical (unpaired) electrons. The van der Waals surface area contributed by atoms with Crippen LogP contribution in [0.5, 0.6) is 0 Å². The monoisotopic (exact) mass is 310 g/mol. The third kappa shape index (κ3) is 3.42. The van der Waals surface area contributed by atoms with Crippen molar-refractivity contribution in [3.05, 3.63) is 60.0 Å². The van der Waals surface area contributed by atoms with Crippen molar-refractivity contribution in [3.63, 3.8) is 0 Å². The Morgan fingerprint density at radius 1 is 1.00 bits per heavy atom. The number of thiazole rings is 1. The highest BCUT2D eigenvalue weighted by molar-refractivity contribution is 7.14. The summed E-state index contributed by atoms with van der Waals surface area (Å²) in [6.45, 7) is 0. The SMILES string of the molecule is NC(=O)Nc1ccc(-c2csc(Nc3ccccc3)n2)cc1. The fourth-order valence-electron chi connectivity index (χ4n) is 1.98. The van der Waals surface area contributed by atoms with Crippen LogP contribution in [-0.2, 0) is 0 Å². The Balaban J connectivity index is 1.74. The molecule has 2 aromatic carbocycles. The van der Waals surface area contributed by atoms with E-state index in [2.05, 4.69) is 15.6 Å². The number of nitrogens with zero attached hydrogens (tertiary/aromatic N) is 1. The molecule has 0 aliphatic carbocycles. The van der Waals surface area contributed by atoms with Crippen molar-refractivity contribution < 1.29 is 4.79 Å². The molecule has 6 heteroatoms. The number of aromatic nitrogens is 1. The molecule has 0 aliphatic heterocycles. The van der Waals surface area contributed by atoms with Crippen LogP contribution in [0.15, 0.2) is 60.0 Å². The standard InChI is InChI=1S/C16H14N4OS/c17-15(21)18-13-8-6-11(7-9-13)14-10-22-16(20-14)19-12-4-2-1-3-5-12/h1-10H,(H,19,20)(H3,17,18,21). The van der Waals surface area contributed by atoms with Gasteiger partial charge in [-0.15, -0.1) is 11.3 Å². The number of urea groups is 1. The summed E-state index contributed by atoms with van der Waals surface area (Å²) in [5, 5.41) is 8.62. The van der Waals surface area contributed by atoms with Crippen LogP contribution in [0.2, 0.25) is 0 Å². The lowest BCUT2D eigenvalue weighted by Gasteiger charge is -2.03. The molecule has 0 saturated heterocycles. The number of primary amides is 1. The molecule has 3 rings (SSSR count). The van der Waals surface area contributed by atoms with E-state index in [0.29, 0.717) is 5.69 Å². The van der Waals surface area contributed by atoms with E-state index in [-0.39, 0.29) is 0 Å². The van der Waals surface area contributed by atoms with Gasteiger partial charge in [0.1, 0.15) is 0 Å².